The number of H-pyrrole nitrogens is 2. The summed E-state index contributed by atoms with van der Waals surface area (Å²) in [6.07, 6.45) is 2.42. The fourth-order valence-corrected chi connectivity index (χ4v) is 4.42. The lowest BCUT2D eigenvalue weighted by Crippen LogP contribution is -2.37. The van der Waals surface area contributed by atoms with E-state index < -0.39 is 23.4 Å². The molecule has 2 aromatic heterocycles. The van der Waals surface area contributed by atoms with E-state index in [0.29, 0.717) is 17.3 Å². The maximum Gasteiger partial charge on any atom is 0.412 e. The third kappa shape index (κ3) is 8.59. The Bertz CT molecular complexity index is 1600. The van der Waals surface area contributed by atoms with Gasteiger partial charge in [-0.15, -0.1) is 0 Å². The first-order chi connectivity index (χ1) is 20.6. The van der Waals surface area contributed by atoms with Crippen LogP contribution in [0.4, 0.5) is 9.59 Å². The van der Waals surface area contributed by atoms with Crippen LogP contribution >= 0.6 is 0 Å². The molecule has 0 saturated carbocycles. The molecule has 10 nitrogen and oxygen atoms in total. The van der Waals surface area contributed by atoms with E-state index in [2.05, 4.69) is 49.3 Å². The number of nitrogens with one attached hydrogen (secondary N) is 4. The Labute approximate surface area is 258 Å². The van der Waals surface area contributed by atoms with Crippen LogP contribution in [0.15, 0.2) is 67.5 Å². The second kappa shape index (κ2) is 12.8. The Kier molecular flexibility index (Phi) is 9.32. The second-order valence-electron chi connectivity index (χ2n) is 13.0. The van der Waals surface area contributed by atoms with Gasteiger partial charge in [0, 0.05) is 0 Å². The molecule has 232 valence electrons. The molecule has 0 aliphatic heterocycles. The minimum absolute atomic E-state index is 0.105. The molecule has 4 aromatic rings. The lowest BCUT2D eigenvalue weighted by Gasteiger charge is -2.24. The third-order valence-corrected chi connectivity index (χ3v) is 6.47. The molecule has 4 rings (SSSR count). The quantitative estimate of drug-likeness (QED) is 0.163. The van der Waals surface area contributed by atoms with Crippen molar-refractivity contribution in [1.82, 2.24) is 30.6 Å². The van der Waals surface area contributed by atoms with E-state index in [1.54, 1.807) is 33.2 Å². The van der Waals surface area contributed by atoms with Crippen molar-refractivity contribution in [3.8, 4) is 33.6 Å². The monoisotopic (exact) mass is 598 g/mol. The molecule has 0 spiro atoms. The normalized spacial score (nSPS) is 12.5. The molecule has 2 heterocycles. The van der Waals surface area contributed by atoms with E-state index >= 15 is 0 Å². The summed E-state index contributed by atoms with van der Waals surface area (Å²) in [6, 6.07) is 16.0. The van der Waals surface area contributed by atoms with Crippen molar-refractivity contribution in [2.45, 2.75) is 72.6 Å². The van der Waals surface area contributed by atoms with Crippen LogP contribution in [-0.2, 0) is 9.47 Å². The molecule has 4 N–H and O–H groups in total. The molecule has 2 amide bonds. The number of alkyl carbamates (subject to hydrolysis) is 2. The molecular weight excluding hydrogens is 556 g/mol. The Morgan fingerprint density at radius 3 is 1.68 bits per heavy atom. The van der Waals surface area contributed by atoms with Gasteiger partial charge in [-0.05, 0) is 69.7 Å². The molecule has 2 aromatic carbocycles. The van der Waals surface area contributed by atoms with Crippen LogP contribution in [0.2, 0.25) is 0 Å². The van der Waals surface area contributed by atoms with E-state index in [1.807, 2.05) is 71.0 Å². The predicted molar refractivity (Wildman–Crippen MR) is 172 cm³/mol. The van der Waals surface area contributed by atoms with Gasteiger partial charge in [0.15, 0.2) is 5.82 Å². The van der Waals surface area contributed by atoms with Crippen molar-refractivity contribution in [2.75, 3.05) is 0 Å². The zero-order valence-electron chi connectivity index (χ0n) is 26.7. The molecule has 44 heavy (non-hydrogen) atoms. The molecule has 0 bridgehead atoms. The molecule has 1 atom stereocenters. The minimum Gasteiger partial charge on any atom is -0.444 e. The molecule has 0 radical (unpaired) electrons. The zero-order chi connectivity index (χ0) is 32.2. The van der Waals surface area contributed by atoms with Gasteiger partial charge in [-0.1, -0.05) is 69.0 Å². The lowest BCUT2D eigenvalue weighted by atomic mass is 10.0. The minimum atomic E-state index is -0.608. The highest BCUT2D eigenvalue weighted by molar-refractivity contribution is 5.80. The van der Waals surface area contributed by atoms with E-state index in [9.17, 15) is 9.59 Å². The second-order valence-corrected chi connectivity index (χ2v) is 13.0. The summed E-state index contributed by atoms with van der Waals surface area (Å²) in [5, 5.41) is 5.55. The number of hydrogen-bond donors (Lipinski definition) is 4. The summed E-state index contributed by atoms with van der Waals surface area (Å²) in [6.45, 7) is 18.8. The van der Waals surface area contributed by atoms with Gasteiger partial charge >= 0.3 is 12.2 Å². The van der Waals surface area contributed by atoms with E-state index in [4.69, 9.17) is 9.47 Å². The molecule has 0 saturated heterocycles. The number of ether oxygens (including phenoxy) is 2. The zero-order valence-corrected chi connectivity index (χ0v) is 26.7. The van der Waals surface area contributed by atoms with Crippen LogP contribution in [0.3, 0.4) is 0 Å². The van der Waals surface area contributed by atoms with Crippen LogP contribution in [0.5, 0.6) is 0 Å². The number of hydrogen-bond acceptors (Lipinski definition) is 6. The van der Waals surface area contributed by atoms with Gasteiger partial charge in [0.25, 0.3) is 0 Å². The first-order valence-electron chi connectivity index (χ1n) is 14.6. The average Bonchev–Trinajstić information content (AvgIpc) is 3.61. The Balaban J connectivity index is 1.41. The number of nitrogens with zero attached hydrogens (tertiary/aromatic N) is 2. The topological polar surface area (TPSA) is 134 Å². The average molecular weight is 599 g/mol. The number of carbonyl (C=O) groups is 2. The fraction of sp³-hybridized carbons (Fsp3) is 0.353. The summed E-state index contributed by atoms with van der Waals surface area (Å²) in [4.78, 5) is 39.9. The SMILES string of the molecule is C=C(NC(=O)OC(C)(C)C)c1ncc(-c2ccc(-c3ccc(-c4cnc(C(NC(=O)OC(C)(C)C)C(C)C)[nH]4)cc3)cc2)[nH]1. The highest BCUT2D eigenvalue weighted by Crippen LogP contribution is 2.28. The van der Waals surface area contributed by atoms with Crippen LogP contribution in [0.25, 0.3) is 39.3 Å². The van der Waals surface area contributed by atoms with Gasteiger partial charge in [0.1, 0.15) is 17.0 Å². The summed E-state index contributed by atoms with van der Waals surface area (Å²) >= 11 is 0. The third-order valence-electron chi connectivity index (χ3n) is 6.47. The van der Waals surface area contributed by atoms with Gasteiger partial charge in [-0.25, -0.2) is 19.6 Å². The first kappa shape index (κ1) is 32.1. The van der Waals surface area contributed by atoms with Gasteiger partial charge < -0.3 is 24.8 Å². The summed E-state index contributed by atoms with van der Waals surface area (Å²) < 4.78 is 10.7. The van der Waals surface area contributed by atoms with Crippen molar-refractivity contribution in [3.05, 3.63) is 79.2 Å². The number of carbonyl (C=O) groups excluding carboxylic acids is 2. The molecule has 0 aliphatic carbocycles. The predicted octanol–water partition coefficient (Wildman–Crippen LogP) is 7.85. The van der Waals surface area contributed by atoms with Crippen molar-refractivity contribution in [3.63, 3.8) is 0 Å². The number of rotatable bonds is 8. The summed E-state index contributed by atoms with van der Waals surface area (Å²) in [5.74, 6) is 1.23. The molecular formula is C34H42N6O4. The van der Waals surface area contributed by atoms with Crippen LogP contribution in [0, 0.1) is 5.92 Å². The number of amides is 2. The van der Waals surface area contributed by atoms with Crippen molar-refractivity contribution in [2.24, 2.45) is 5.92 Å². The number of imidazole rings is 2. The van der Waals surface area contributed by atoms with Crippen LogP contribution in [-0.4, -0.2) is 43.3 Å². The van der Waals surface area contributed by atoms with Crippen LogP contribution in [0.1, 0.15) is 73.1 Å². The van der Waals surface area contributed by atoms with Crippen molar-refractivity contribution in [1.29, 1.82) is 0 Å². The number of benzene rings is 2. The van der Waals surface area contributed by atoms with Gasteiger partial charge in [0.05, 0.1) is 35.5 Å². The molecule has 1 unspecified atom stereocenters. The highest BCUT2D eigenvalue weighted by atomic mass is 16.6. The number of aromatic amines is 2. The molecule has 0 aliphatic rings. The van der Waals surface area contributed by atoms with Crippen LogP contribution < -0.4 is 10.6 Å². The van der Waals surface area contributed by atoms with E-state index in [0.717, 1.165) is 33.6 Å². The molecule has 10 heteroatoms. The first-order valence-corrected chi connectivity index (χ1v) is 14.6. The van der Waals surface area contributed by atoms with Crippen molar-refractivity contribution >= 4 is 17.9 Å². The fourth-order valence-electron chi connectivity index (χ4n) is 4.42. The standard InChI is InChI=1S/C34H42N6O4/c1-20(2)28(40-32(42)44-34(7,8)9)30-36-19-27(39-30)25-16-12-23(13-17-25)22-10-14-24(15-11-22)26-18-35-29(38-26)21(3)37-31(41)43-33(4,5)6/h10-20,28H,3H2,1-2,4-9H3,(H,35,38)(H,36,39)(H,37,41)(H,40,42). The highest BCUT2D eigenvalue weighted by Gasteiger charge is 2.25. The van der Waals surface area contributed by atoms with Gasteiger partial charge in [-0.2, -0.15) is 0 Å². The Morgan fingerprint density at radius 2 is 1.18 bits per heavy atom. The maximum absolute atomic E-state index is 12.4. The Morgan fingerprint density at radius 1 is 0.727 bits per heavy atom. The van der Waals surface area contributed by atoms with Crippen molar-refractivity contribution < 1.29 is 19.1 Å². The number of aromatic nitrogens is 4. The van der Waals surface area contributed by atoms with Gasteiger partial charge in [-0.3, -0.25) is 5.32 Å². The summed E-state index contributed by atoms with van der Waals surface area (Å²) in [7, 11) is 0. The summed E-state index contributed by atoms with van der Waals surface area (Å²) in [5.41, 5.74) is 4.83. The maximum atomic E-state index is 12.4. The van der Waals surface area contributed by atoms with E-state index in [1.165, 1.54) is 0 Å². The lowest BCUT2D eigenvalue weighted by molar-refractivity contribution is 0.0485. The molecule has 0 fully saturated rings. The Hall–Kier alpha value is -4.86. The van der Waals surface area contributed by atoms with Gasteiger partial charge in [0.2, 0.25) is 0 Å². The van der Waals surface area contributed by atoms with E-state index in [-0.39, 0.29) is 12.0 Å². The smallest absolute Gasteiger partial charge is 0.412 e. The largest absolute Gasteiger partial charge is 0.444 e.